The van der Waals surface area contributed by atoms with Crippen molar-refractivity contribution in [3.63, 3.8) is 0 Å². The topological polar surface area (TPSA) is 0 Å². The van der Waals surface area contributed by atoms with E-state index >= 15 is 0 Å². The molecule has 1 unspecified atom stereocenters. The second kappa shape index (κ2) is 3.21. The summed E-state index contributed by atoms with van der Waals surface area (Å²) >= 11 is 0. The van der Waals surface area contributed by atoms with Crippen molar-refractivity contribution < 1.29 is 0 Å². The van der Waals surface area contributed by atoms with E-state index in [0.29, 0.717) is 0 Å². The average molecular weight is 142 g/mol. The molecule has 0 aliphatic heterocycles. The quantitative estimate of drug-likeness (QED) is 0.410. The highest BCUT2D eigenvalue weighted by molar-refractivity contribution is 6.77. The Hall–Kier alpha value is -0.0431. The molecule has 0 aromatic carbocycles. The first-order chi connectivity index (χ1) is 3.98. The fourth-order valence-corrected chi connectivity index (χ4v) is 1.35. The van der Waals surface area contributed by atoms with Crippen molar-refractivity contribution in [1.29, 1.82) is 0 Å². The number of allylic oxidation sites excluding steroid dienone is 2. The van der Waals surface area contributed by atoms with Crippen molar-refractivity contribution in [2.75, 3.05) is 0 Å². The molecule has 0 aliphatic carbocycles. The van der Waals surface area contributed by atoms with Crippen LogP contribution in [0.1, 0.15) is 13.8 Å². The first-order valence-electron chi connectivity index (χ1n) is 3.61. The molecule has 0 aromatic rings. The van der Waals surface area contributed by atoms with Crippen LogP contribution >= 0.6 is 0 Å². The van der Waals surface area contributed by atoms with E-state index in [4.69, 9.17) is 0 Å². The van der Waals surface area contributed by atoms with Crippen LogP contribution in [0.15, 0.2) is 12.2 Å². The second-order valence-corrected chi connectivity index (χ2v) is 9.32. The zero-order valence-electron chi connectivity index (χ0n) is 7.23. The minimum absolute atomic E-state index is 0.822. The third-order valence-corrected chi connectivity index (χ3v) is 4.77. The van der Waals surface area contributed by atoms with Gasteiger partial charge in [-0.1, -0.05) is 38.7 Å². The molecule has 0 nitrogen and oxygen atoms in total. The van der Waals surface area contributed by atoms with Crippen molar-refractivity contribution >= 4 is 8.07 Å². The number of hydrogen-bond donors (Lipinski definition) is 0. The predicted octanol–water partition coefficient (Wildman–Crippen LogP) is 3.29. The molecular weight excluding hydrogens is 124 g/mol. The molecule has 0 amide bonds. The van der Waals surface area contributed by atoms with Gasteiger partial charge in [0, 0.05) is 0 Å². The van der Waals surface area contributed by atoms with Gasteiger partial charge in [-0.05, 0) is 12.5 Å². The standard InChI is InChI=1S/C8H18Si/c1-6-7-8(2)9(3,4)5/h6-8H,1-5H3. The molecule has 0 aliphatic rings. The summed E-state index contributed by atoms with van der Waals surface area (Å²) in [6.45, 7) is 11.6. The van der Waals surface area contributed by atoms with E-state index in [2.05, 4.69) is 45.6 Å². The third-order valence-electron chi connectivity index (χ3n) is 1.85. The van der Waals surface area contributed by atoms with Gasteiger partial charge in [0.1, 0.15) is 0 Å². The van der Waals surface area contributed by atoms with E-state index in [1.165, 1.54) is 0 Å². The zero-order chi connectivity index (χ0) is 7.49. The van der Waals surface area contributed by atoms with Crippen molar-refractivity contribution in [2.24, 2.45) is 0 Å². The summed E-state index contributed by atoms with van der Waals surface area (Å²) in [6, 6.07) is 0. The molecule has 0 saturated heterocycles. The highest BCUT2D eigenvalue weighted by Crippen LogP contribution is 2.21. The third kappa shape index (κ3) is 3.52. The zero-order valence-corrected chi connectivity index (χ0v) is 8.23. The van der Waals surface area contributed by atoms with E-state index in [1.54, 1.807) is 0 Å². The van der Waals surface area contributed by atoms with Crippen LogP contribution in [0.25, 0.3) is 0 Å². The summed E-state index contributed by atoms with van der Waals surface area (Å²) in [4.78, 5) is 0. The molecule has 0 saturated carbocycles. The molecule has 0 N–H and O–H groups in total. The SMILES string of the molecule is CC=CC(C)[Si](C)(C)C. The normalized spacial score (nSPS) is 16.6. The van der Waals surface area contributed by atoms with Crippen LogP contribution < -0.4 is 0 Å². The highest BCUT2D eigenvalue weighted by Gasteiger charge is 2.18. The van der Waals surface area contributed by atoms with Gasteiger partial charge in [-0.25, -0.2) is 0 Å². The van der Waals surface area contributed by atoms with Gasteiger partial charge >= 0.3 is 0 Å². The molecule has 0 radical (unpaired) electrons. The maximum Gasteiger partial charge on any atom is 0.0510 e. The Morgan fingerprint density at radius 3 is 1.78 bits per heavy atom. The smallest absolute Gasteiger partial charge is 0.0510 e. The fourth-order valence-electron chi connectivity index (χ4n) is 0.577. The molecule has 0 aromatic heterocycles. The van der Waals surface area contributed by atoms with Crippen LogP contribution in [0.3, 0.4) is 0 Å². The van der Waals surface area contributed by atoms with Crippen molar-refractivity contribution in [3.8, 4) is 0 Å². The monoisotopic (exact) mass is 142 g/mol. The lowest BCUT2D eigenvalue weighted by Crippen LogP contribution is -2.24. The van der Waals surface area contributed by atoms with Gasteiger partial charge in [-0.2, -0.15) is 0 Å². The Labute approximate surface area is 60.0 Å². The molecule has 9 heavy (non-hydrogen) atoms. The Bertz CT molecular complexity index is 97.6. The van der Waals surface area contributed by atoms with E-state index < -0.39 is 8.07 Å². The highest BCUT2D eigenvalue weighted by atomic mass is 28.3. The largest absolute Gasteiger partial charge is 0.0917 e. The molecule has 54 valence electrons. The molecular formula is C8H18Si. The molecule has 1 heteroatoms. The van der Waals surface area contributed by atoms with Gasteiger partial charge in [-0.3, -0.25) is 0 Å². The van der Waals surface area contributed by atoms with Crippen LogP contribution in [0, 0.1) is 0 Å². The van der Waals surface area contributed by atoms with Gasteiger partial charge in [-0.15, -0.1) is 0 Å². The maximum atomic E-state index is 2.40. The van der Waals surface area contributed by atoms with E-state index in [-0.39, 0.29) is 0 Å². The average Bonchev–Trinajstić information content (AvgIpc) is 1.64. The Balaban J connectivity index is 3.88. The van der Waals surface area contributed by atoms with Gasteiger partial charge in [0.25, 0.3) is 0 Å². The molecule has 1 atom stereocenters. The van der Waals surface area contributed by atoms with Crippen molar-refractivity contribution in [2.45, 2.75) is 39.0 Å². The molecule has 0 rings (SSSR count). The number of hydrogen-bond acceptors (Lipinski definition) is 0. The molecule has 0 fully saturated rings. The summed E-state index contributed by atoms with van der Waals surface area (Å²) in [5.41, 5.74) is 0.822. The predicted molar refractivity (Wildman–Crippen MR) is 47.6 cm³/mol. The summed E-state index contributed by atoms with van der Waals surface area (Å²) in [5, 5.41) is 0. The van der Waals surface area contributed by atoms with Crippen LogP contribution in [0.4, 0.5) is 0 Å². The van der Waals surface area contributed by atoms with Gasteiger partial charge in [0.15, 0.2) is 0 Å². The van der Waals surface area contributed by atoms with E-state index in [9.17, 15) is 0 Å². The molecule has 0 spiro atoms. The van der Waals surface area contributed by atoms with E-state index in [1.807, 2.05) is 0 Å². The molecule has 0 bridgehead atoms. The van der Waals surface area contributed by atoms with Crippen LogP contribution in [-0.4, -0.2) is 8.07 Å². The summed E-state index contributed by atoms with van der Waals surface area (Å²) < 4.78 is 0. The van der Waals surface area contributed by atoms with Gasteiger partial charge < -0.3 is 0 Å². The number of rotatable bonds is 2. The van der Waals surface area contributed by atoms with Crippen LogP contribution in [-0.2, 0) is 0 Å². The minimum Gasteiger partial charge on any atom is -0.0917 e. The van der Waals surface area contributed by atoms with Crippen molar-refractivity contribution in [3.05, 3.63) is 12.2 Å². The fraction of sp³-hybridized carbons (Fsp3) is 0.750. The Morgan fingerprint density at radius 1 is 1.22 bits per heavy atom. The summed E-state index contributed by atoms with van der Waals surface area (Å²) in [7, 11) is -0.868. The second-order valence-electron chi connectivity index (χ2n) is 3.68. The summed E-state index contributed by atoms with van der Waals surface area (Å²) in [5.74, 6) is 0. The lowest BCUT2D eigenvalue weighted by Gasteiger charge is -2.21. The van der Waals surface area contributed by atoms with Crippen LogP contribution in [0.2, 0.25) is 25.2 Å². The van der Waals surface area contributed by atoms with E-state index in [0.717, 1.165) is 5.54 Å². The lowest BCUT2D eigenvalue weighted by atomic mass is 10.4. The minimum atomic E-state index is -0.868. The summed E-state index contributed by atoms with van der Waals surface area (Å²) in [6.07, 6.45) is 4.47. The first-order valence-corrected chi connectivity index (χ1v) is 7.19. The van der Waals surface area contributed by atoms with Crippen molar-refractivity contribution in [1.82, 2.24) is 0 Å². The Kier molecular flexibility index (Phi) is 3.19. The van der Waals surface area contributed by atoms with Gasteiger partial charge in [0.05, 0.1) is 8.07 Å². The first kappa shape index (κ1) is 8.96. The maximum absolute atomic E-state index is 2.40. The van der Waals surface area contributed by atoms with Crippen LogP contribution in [0.5, 0.6) is 0 Å². The van der Waals surface area contributed by atoms with Gasteiger partial charge in [0.2, 0.25) is 0 Å². The Morgan fingerprint density at radius 2 is 1.67 bits per heavy atom. The molecule has 0 heterocycles. The lowest BCUT2D eigenvalue weighted by molar-refractivity contribution is 1.12.